The Morgan fingerprint density at radius 1 is 1.12 bits per heavy atom. The second kappa shape index (κ2) is 13.1. The number of aryl methyl sites for hydroxylation is 2. The van der Waals surface area contributed by atoms with Crippen molar-refractivity contribution >= 4 is 28.5 Å². The minimum absolute atomic E-state index is 0.0595. The molecule has 8 heteroatoms. The molecule has 0 amide bonds. The lowest BCUT2D eigenvalue weighted by molar-refractivity contribution is -0.146. The molecule has 1 aromatic carbocycles. The van der Waals surface area contributed by atoms with Crippen molar-refractivity contribution in [2.75, 3.05) is 23.9 Å². The Hall–Kier alpha value is -1.93. The zero-order valence-electron chi connectivity index (χ0n) is 20.6. The normalized spacial score (nSPS) is 13.4. The molecule has 1 heterocycles. The standard InChI is InChI=1S/C25H36N2O4S2/c1-7-8-13-33(29)17-22(15-30-21-11-9-20(10-12-21)25(4,5)6)31-23(28)16-32-24-26-18(2)14-19(3)27-24/h9-12,14,22H,7-8,13,15-17H2,1-6H3. The highest BCUT2D eigenvalue weighted by Crippen LogP contribution is 2.24. The van der Waals surface area contributed by atoms with E-state index in [1.807, 2.05) is 44.2 Å². The highest BCUT2D eigenvalue weighted by molar-refractivity contribution is 7.99. The number of carbonyl (C=O) groups is 1. The largest absolute Gasteiger partial charge is 0.490 e. The van der Waals surface area contributed by atoms with Gasteiger partial charge in [0, 0.05) is 27.9 Å². The van der Waals surface area contributed by atoms with E-state index in [-0.39, 0.29) is 23.5 Å². The van der Waals surface area contributed by atoms with Crippen molar-refractivity contribution in [3.05, 3.63) is 47.3 Å². The van der Waals surface area contributed by atoms with Crippen LogP contribution in [0.15, 0.2) is 35.5 Å². The monoisotopic (exact) mass is 492 g/mol. The summed E-state index contributed by atoms with van der Waals surface area (Å²) in [5.74, 6) is 1.24. The van der Waals surface area contributed by atoms with Crippen LogP contribution in [-0.2, 0) is 25.7 Å². The van der Waals surface area contributed by atoms with E-state index >= 15 is 0 Å². The average molecular weight is 493 g/mol. The van der Waals surface area contributed by atoms with E-state index in [9.17, 15) is 9.00 Å². The summed E-state index contributed by atoms with van der Waals surface area (Å²) in [6, 6.07) is 9.80. The first-order chi connectivity index (χ1) is 15.6. The summed E-state index contributed by atoms with van der Waals surface area (Å²) in [5, 5.41) is 0.544. The zero-order chi connectivity index (χ0) is 24.4. The number of hydrogen-bond acceptors (Lipinski definition) is 7. The Morgan fingerprint density at radius 2 is 1.76 bits per heavy atom. The lowest BCUT2D eigenvalue weighted by atomic mass is 9.87. The fourth-order valence-corrected chi connectivity index (χ4v) is 5.14. The Bertz CT molecular complexity index is 907. The first-order valence-electron chi connectivity index (χ1n) is 11.3. The van der Waals surface area contributed by atoms with Crippen LogP contribution in [0.3, 0.4) is 0 Å². The van der Waals surface area contributed by atoms with E-state index in [1.165, 1.54) is 17.3 Å². The van der Waals surface area contributed by atoms with Crippen molar-refractivity contribution in [2.45, 2.75) is 71.1 Å². The smallest absolute Gasteiger partial charge is 0.316 e. The molecule has 6 nitrogen and oxygen atoms in total. The molecule has 1 aromatic heterocycles. The van der Waals surface area contributed by atoms with Crippen LogP contribution < -0.4 is 4.74 Å². The first kappa shape index (κ1) is 27.3. The SMILES string of the molecule is CCCCS(=O)CC(COc1ccc(C(C)(C)C)cc1)OC(=O)CSc1nc(C)cc(C)n1. The highest BCUT2D eigenvalue weighted by atomic mass is 32.2. The topological polar surface area (TPSA) is 78.4 Å². The second-order valence-corrected chi connectivity index (χ2v) is 11.6. The summed E-state index contributed by atoms with van der Waals surface area (Å²) in [6.45, 7) is 12.5. The molecular formula is C25H36N2O4S2. The molecule has 2 unspecified atom stereocenters. The number of rotatable bonds is 12. The van der Waals surface area contributed by atoms with E-state index in [0.717, 1.165) is 24.2 Å². The van der Waals surface area contributed by atoms with Crippen LogP contribution >= 0.6 is 11.8 Å². The molecule has 0 radical (unpaired) electrons. The highest BCUT2D eigenvalue weighted by Gasteiger charge is 2.20. The van der Waals surface area contributed by atoms with Crippen molar-refractivity contribution in [3.63, 3.8) is 0 Å². The molecule has 33 heavy (non-hydrogen) atoms. The summed E-state index contributed by atoms with van der Waals surface area (Å²) in [7, 11) is -1.07. The quantitative estimate of drug-likeness (QED) is 0.234. The van der Waals surface area contributed by atoms with Crippen LogP contribution in [0.4, 0.5) is 0 Å². The molecule has 0 spiro atoms. The van der Waals surface area contributed by atoms with Crippen molar-refractivity contribution in [3.8, 4) is 5.75 Å². The molecule has 0 bridgehead atoms. The third-order valence-corrected chi connectivity index (χ3v) is 7.14. The number of unbranched alkanes of at least 4 members (excludes halogenated alkanes) is 1. The van der Waals surface area contributed by atoms with Crippen molar-refractivity contribution < 1.29 is 18.5 Å². The van der Waals surface area contributed by atoms with Crippen molar-refractivity contribution in [1.82, 2.24) is 9.97 Å². The molecule has 182 valence electrons. The Balaban J connectivity index is 1.97. The van der Waals surface area contributed by atoms with Gasteiger partial charge in [0.15, 0.2) is 5.16 Å². The number of thioether (sulfide) groups is 1. The van der Waals surface area contributed by atoms with Gasteiger partial charge in [-0.1, -0.05) is 58.0 Å². The van der Waals surface area contributed by atoms with Gasteiger partial charge < -0.3 is 9.47 Å². The van der Waals surface area contributed by atoms with E-state index in [1.54, 1.807) is 0 Å². The van der Waals surface area contributed by atoms with Crippen LogP contribution in [0.5, 0.6) is 5.75 Å². The number of esters is 1. The molecule has 2 rings (SSSR count). The van der Waals surface area contributed by atoms with Crippen LogP contribution in [-0.4, -0.2) is 50.1 Å². The summed E-state index contributed by atoms with van der Waals surface area (Å²) in [4.78, 5) is 21.2. The van der Waals surface area contributed by atoms with E-state index in [2.05, 4.69) is 37.7 Å². The molecule has 2 aromatic rings. The third-order valence-electron chi connectivity index (χ3n) is 4.83. The molecule has 2 atom stereocenters. The van der Waals surface area contributed by atoms with E-state index < -0.39 is 22.9 Å². The van der Waals surface area contributed by atoms with Gasteiger partial charge in [0.25, 0.3) is 0 Å². The molecule has 0 aliphatic carbocycles. The fourth-order valence-electron chi connectivity index (χ4n) is 3.05. The summed E-state index contributed by atoms with van der Waals surface area (Å²) in [5.41, 5.74) is 2.98. The van der Waals surface area contributed by atoms with Gasteiger partial charge in [-0.25, -0.2) is 9.97 Å². The maximum atomic E-state index is 12.5. The van der Waals surface area contributed by atoms with Gasteiger partial charge in [0.05, 0.1) is 11.5 Å². The Kier molecular flexibility index (Phi) is 10.8. The Labute approximate surface area is 204 Å². The number of nitrogens with zero attached hydrogens (tertiary/aromatic N) is 2. The third kappa shape index (κ3) is 10.3. The van der Waals surface area contributed by atoms with Gasteiger partial charge in [-0.2, -0.15) is 0 Å². The van der Waals surface area contributed by atoms with Crippen LogP contribution in [0.25, 0.3) is 0 Å². The van der Waals surface area contributed by atoms with Crippen LogP contribution in [0.2, 0.25) is 0 Å². The second-order valence-electron chi connectivity index (χ2n) is 9.08. The van der Waals surface area contributed by atoms with Crippen LogP contribution in [0.1, 0.15) is 57.5 Å². The molecular weight excluding hydrogens is 456 g/mol. The summed E-state index contributed by atoms with van der Waals surface area (Å²) in [6.07, 6.45) is 1.26. The predicted octanol–water partition coefficient (Wildman–Crippen LogP) is 5.02. The molecule has 0 saturated heterocycles. The van der Waals surface area contributed by atoms with E-state index in [4.69, 9.17) is 9.47 Å². The Morgan fingerprint density at radius 3 is 2.33 bits per heavy atom. The van der Waals surface area contributed by atoms with Gasteiger partial charge in [-0.15, -0.1) is 0 Å². The maximum absolute atomic E-state index is 12.5. The number of ether oxygens (including phenoxy) is 2. The van der Waals surface area contributed by atoms with Gasteiger partial charge in [-0.05, 0) is 49.4 Å². The lowest BCUT2D eigenvalue weighted by Gasteiger charge is -2.20. The van der Waals surface area contributed by atoms with Gasteiger partial charge in [0.2, 0.25) is 0 Å². The predicted molar refractivity (Wildman–Crippen MR) is 136 cm³/mol. The molecule has 0 aliphatic rings. The molecule has 0 aliphatic heterocycles. The van der Waals surface area contributed by atoms with E-state index in [0.29, 0.717) is 16.7 Å². The lowest BCUT2D eigenvalue weighted by Crippen LogP contribution is -2.32. The first-order valence-corrected chi connectivity index (χ1v) is 13.8. The van der Waals surface area contributed by atoms with Gasteiger partial charge >= 0.3 is 5.97 Å². The number of carbonyl (C=O) groups excluding carboxylic acids is 1. The minimum atomic E-state index is -1.07. The van der Waals surface area contributed by atoms with Crippen molar-refractivity contribution in [2.24, 2.45) is 0 Å². The number of hydrogen-bond donors (Lipinski definition) is 0. The zero-order valence-corrected chi connectivity index (χ0v) is 22.2. The maximum Gasteiger partial charge on any atom is 0.316 e. The van der Waals surface area contributed by atoms with Crippen LogP contribution in [0, 0.1) is 13.8 Å². The fraction of sp³-hybridized carbons (Fsp3) is 0.560. The number of benzene rings is 1. The molecule has 0 saturated carbocycles. The van der Waals surface area contributed by atoms with Crippen molar-refractivity contribution in [1.29, 1.82) is 0 Å². The van der Waals surface area contributed by atoms with Gasteiger partial charge in [-0.3, -0.25) is 9.00 Å². The average Bonchev–Trinajstić information content (AvgIpc) is 2.73. The van der Waals surface area contributed by atoms with Gasteiger partial charge in [0.1, 0.15) is 18.5 Å². The number of aromatic nitrogens is 2. The summed E-state index contributed by atoms with van der Waals surface area (Å²) >= 11 is 1.24. The molecule has 0 N–H and O–H groups in total. The minimum Gasteiger partial charge on any atom is -0.490 e. The molecule has 0 fully saturated rings. The summed E-state index contributed by atoms with van der Waals surface area (Å²) < 4.78 is 24.0.